The minimum atomic E-state index is -0.671. The van der Waals surface area contributed by atoms with E-state index in [0.29, 0.717) is 6.42 Å². The molecule has 98 valence electrons. The summed E-state index contributed by atoms with van der Waals surface area (Å²) in [5, 5.41) is 19.5. The SMILES string of the molecule is OCC/C=C(\c1ccccc1)C(O)c1ccccc1. The van der Waals surface area contributed by atoms with E-state index in [-0.39, 0.29) is 6.61 Å². The van der Waals surface area contributed by atoms with Gasteiger partial charge in [0.2, 0.25) is 0 Å². The lowest BCUT2D eigenvalue weighted by molar-refractivity contribution is 0.237. The van der Waals surface area contributed by atoms with Crippen LogP contribution in [-0.2, 0) is 0 Å². The van der Waals surface area contributed by atoms with Crippen LogP contribution in [0.1, 0.15) is 23.7 Å². The van der Waals surface area contributed by atoms with Crippen molar-refractivity contribution in [1.82, 2.24) is 0 Å². The van der Waals surface area contributed by atoms with Crippen LogP contribution in [0.5, 0.6) is 0 Å². The monoisotopic (exact) mass is 254 g/mol. The van der Waals surface area contributed by atoms with Crippen LogP contribution in [0.2, 0.25) is 0 Å². The van der Waals surface area contributed by atoms with Crippen molar-refractivity contribution in [3.05, 3.63) is 77.9 Å². The first kappa shape index (κ1) is 13.5. The number of benzene rings is 2. The molecule has 0 aliphatic heterocycles. The Balaban J connectivity index is 2.34. The van der Waals surface area contributed by atoms with Gasteiger partial charge in [-0.05, 0) is 23.1 Å². The molecule has 0 saturated carbocycles. The van der Waals surface area contributed by atoms with Crippen LogP contribution in [0.25, 0.3) is 5.57 Å². The van der Waals surface area contributed by atoms with Gasteiger partial charge in [0.05, 0.1) is 0 Å². The first-order valence-electron chi connectivity index (χ1n) is 6.42. The maximum absolute atomic E-state index is 10.5. The summed E-state index contributed by atoms with van der Waals surface area (Å²) in [6, 6.07) is 19.3. The molecule has 0 bridgehead atoms. The van der Waals surface area contributed by atoms with E-state index < -0.39 is 6.10 Å². The molecular formula is C17H18O2. The zero-order valence-electron chi connectivity index (χ0n) is 10.7. The molecule has 0 aliphatic rings. The summed E-state index contributed by atoms with van der Waals surface area (Å²) >= 11 is 0. The van der Waals surface area contributed by atoms with Gasteiger partial charge in [-0.3, -0.25) is 0 Å². The molecule has 0 fully saturated rings. The van der Waals surface area contributed by atoms with Crippen molar-refractivity contribution in [2.24, 2.45) is 0 Å². The summed E-state index contributed by atoms with van der Waals surface area (Å²) in [4.78, 5) is 0. The molecule has 0 heterocycles. The van der Waals surface area contributed by atoms with E-state index in [0.717, 1.165) is 16.7 Å². The van der Waals surface area contributed by atoms with Crippen molar-refractivity contribution in [3.63, 3.8) is 0 Å². The van der Waals surface area contributed by atoms with E-state index >= 15 is 0 Å². The molecule has 0 aromatic heterocycles. The van der Waals surface area contributed by atoms with Crippen LogP contribution in [-0.4, -0.2) is 16.8 Å². The molecule has 1 unspecified atom stereocenters. The van der Waals surface area contributed by atoms with Gasteiger partial charge in [-0.2, -0.15) is 0 Å². The van der Waals surface area contributed by atoms with Crippen LogP contribution in [0, 0.1) is 0 Å². The Morgan fingerprint density at radius 3 is 2.11 bits per heavy atom. The molecule has 1 atom stereocenters. The molecular weight excluding hydrogens is 236 g/mol. The van der Waals surface area contributed by atoms with Crippen molar-refractivity contribution >= 4 is 5.57 Å². The minimum absolute atomic E-state index is 0.0812. The van der Waals surface area contributed by atoms with Crippen molar-refractivity contribution in [3.8, 4) is 0 Å². The number of hydrogen-bond donors (Lipinski definition) is 2. The van der Waals surface area contributed by atoms with E-state index in [2.05, 4.69) is 0 Å². The van der Waals surface area contributed by atoms with Gasteiger partial charge in [0.1, 0.15) is 6.10 Å². The molecule has 19 heavy (non-hydrogen) atoms. The third kappa shape index (κ3) is 3.53. The Morgan fingerprint density at radius 1 is 0.947 bits per heavy atom. The zero-order valence-corrected chi connectivity index (χ0v) is 10.7. The summed E-state index contributed by atoms with van der Waals surface area (Å²) in [5.74, 6) is 0. The maximum Gasteiger partial charge on any atom is 0.104 e. The number of aliphatic hydroxyl groups is 2. The summed E-state index contributed by atoms with van der Waals surface area (Å²) in [6.07, 6.45) is 1.76. The molecule has 2 aromatic rings. The third-order valence-corrected chi connectivity index (χ3v) is 3.01. The molecule has 0 spiro atoms. The van der Waals surface area contributed by atoms with Gasteiger partial charge in [0.25, 0.3) is 0 Å². The van der Waals surface area contributed by atoms with Gasteiger partial charge in [-0.15, -0.1) is 0 Å². The molecule has 0 aliphatic carbocycles. The van der Waals surface area contributed by atoms with Gasteiger partial charge in [-0.25, -0.2) is 0 Å². The molecule has 0 radical (unpaired) electrons. The van der Waals surface area contributed by atoms with Crippen molar-refractivity contribution in [2.45, 2.75) is 12.5 Å². The summed E-state index contributed by atoms with van der Waals surface area (Å²) in [7, 11) is 0. The predicted octanol–water partition coefficient (Wildman–Crippen LogP) is 3.19. The molecule has 0 amide bonds. The van der Waals surface area contributed by atoms with Crippen molar-refractivity contribution in [2.75, 3.05) is 6.61 Å². The highest BCUT2D eigenvalue weighted by atomic mass is 16.3. The molecule has 0 saturated heterocycles. The second-order valence-corrected chi connectivity index (χ2v) is 4.35. The topological polar surface area (TPSA) is 40.5 Å². The van der Waals surface area contributed by atoms with E-state index in [9.17, 15) is 5.11 Å². The lowest BCUT2D eigenvalue weighted by Crippen LogP contribution is -2.01. The molecule has 2 nitrogen and oxygen atoms in total. The number of hydrogen-bond acceptors (Lipinski definition) is 2. The maximum atomic E-state index is 10.5. The van der Waals surface area contributed by atoms with Crippen molar-refractivity contribution < 1.29 is 10.2 Å². The Bertz CT molecular complexity index is 517. The quantitative estimate of drug-likeness (QED) is 0.860. The minimum Gasteiger partial charge on any atom is -0.396 e. The Morgan fingerprint density at radius 2 is 1.53 bits per heavy atom. The average Bonchev–Trinajstić information content (AvgIpc) is 2.49. The number of aliphatic hydroxyl groups excluding tert-OH is 2. The largest absolute Gasteiger partial charge is 0.396 e. The smallest absolute Gasteiger partial charge is 0.104 e. The first-order valence-corrected chi connectivity index (χ1v) is 6.42. The normalized spacial score (nSPS) is 13.3. The van der Waals surface area contributed by atoms with E-state index in [4.69, 9.17) is 5.11 Å². The van der Waals surface area contributed by atoms with Crippen molar-refractivity contribution in [1.29, 1.82) is 0 Å². The van der Waals surface area contributed by atoms with Crippen LogP contribution in [0.15, 0.2) is 66.7 Å². The Kier molecular flexibility index (Phi) is 4.90. The molecule has 2 N–H and O–H groups in total. The van der Waals surface area contributed by atoms with Gasteiger partial charge in [0, 0.05) is 6.61 Å². The lowest BCUT2D eigenvalue weighted by Gasteiger charge is -2.16. The zero-order chi connectivity index (χ0) is 13.5. The second kappa shape index (κ2) is 6.88. The Hall–Kier alpha value is -1.90. The van der Waals surface area contributed by atoms with Crippen LogP contribution in [0.4, 0.5) is 0 Å². The van der Waals surface area contributed by atoms with Gasteiger partial charge < -0.3 is 10.2 Å². The van der Waals surface area contributed by atoms with Gasteiger partial charge in [0.15, 0.2) is 0 Å². The van der Waals surface area contributed by atoms with Gasteiger partial charge in [-0.1, -0.05) is 66.7 Å². The van der Waals surface area contributed by atoms with E-state index in [1.807, 2.05) is 66.7 Å². The fourth-order valence-corrected chi connectivity index (χ4v) is 2.05. The van der Waals surface area contributed by atoms with Gasteiger partial charge >= 0.3 is 0 Å². The highest BCUT2D eigenvalue weighted by molar-refractivity contribution is 5.70. The molecule has 2 heteroatoms. The summed E-state index contributed by atoms with van der Waals surface area (Å²) in [5.41, 5.74) is 2.67. The van der Waals surface area contributed by atoms with Crippen LogP contribution in [0.3, 0.4) is 0 Å². The first-order chi connectivity index (χ1) is 9.33. The fourth-order valence-electron chi connectivity index (χ4n) is 2.05. The number of rotatable bonds is 5. The summed E-state index contributed by atoms with van der Waals surface area (Å²) < 4.78 is 0. The predicted molar refractivity (Wildman–Crippen MR) is 77.5 cm³/mol. The second-order valence-electron chi connectivity index (χ2n) is 4.35. The molecule has 2 aromatic carbocycles. The standard InChI is InChI=1S/C17H18O2/c18-13-7-12-16(14-8-3-1-4-9-14)17(19)15-10-5-2-6-11-15/h1-6,8-12,17-19H,7,13H2/b16-12+. The van der Waals surface area contributed by atoms with Crippen LogP contribution < -0.4 is 0 Å². The highest BCUT2D eigenvalue weighted by Gasteiger charge is 2.14. The third-order valence-electron chi connectivity index (χ3n) is 3.01. The van der Waals surface area contributed by atoms with Crippen LogP contribution >= 0.6 is 0 Å². The lowest BCUT2D eigenvalue weighted by atomic mass is 9.94. The van der Waals surface area contributed by atoms with E-state index in [1.54, 1.807) is 0 Å². The Labute approximate surface area is 113 Å². The highest BCUT2D eigenvalue weighted by Crippen LogP contribution is 2.30. The summed E-state index contributed by atoms with van der Waals surface area (Å²) in [6.45, 7) is 0.0812. The average molecular weight is 254 g/mol. The van der Waals surface area contributed by atoms with E-state index in [1.165, 1.54) is 0 Å². The molecule has 2 rings (SSSR count). The fraction of sp³-hybridized carbons (Fsp3) is 0.176.